The van der Waals surface area contributed by atoms with Gasteiger partial charge in [-0.15, -0.1) is 0 Å². The van der Waals surface area contributed by atoms with Crippen molar-refractivity contribution in [3.8, 4) is 0 Å². The number of para-hydroxylation sites is 1. The highest BCUT2D eigenvalue weighted by molar-refractivity contribution is 9.10. The Morgan fingerprint density at radius 1 is 1.24 bits per heavy atom. The molecule has 0 bridgehead atoms. The van der Waals surface area contributed by atoms with Crippen LogP contribution in [0.4, 0.5) is 5.69 Å². The van der Waals surface area contributed by atoms with Gasteiger partial charge in [0, 0.05) is 29.2 Å². The summed E-state index contributed by atoms with van der Waals surface area (Å²) in [5.74, 6) is -0.709. The Morgan fingerprint density at radius 3 is 2.48 bits per heavy atom. The molecule has 1 aliphatic rings. The number of hydrogen-bond donors (Lipinski definition) is 2. The smallest absolute Gasteiger partial charge is 0.260 e. The molecule has 1 heterocycles. The molecule has 2 N–H and O–H groups in total. The standard InChI is InChI=1S/C19H19BrN2O3/c1-3-22-16-7-5-4-6-15(16)19(18(22)25,21-12(2)23)17(24)13-8-10-14(20)11-9-13/h4-11,17,24H,3H2,1-2H3,(H,21,23)/t17-,19+/m0/s1. The molecule has 2 amide bonds. The van der Waals surface area contributed by atoms with Crippen LogP contribution in [0.3, 0.4) is 0 Å². The van der Waals surface area contributed by atoms with Crippen LogP contribution in [0.5, 0.6) is 0 Å². The topological polar surface area (TPSA) is 69.6 Å². The first-order valence-corrected chi connectivity index (χ1v) is 8.85. The van der Waals surface area contributed by atoms with Crippen molar-refractivity contribution in [2.75, 3.05) is 11.4 Å². The monoisotopic (exact) mass is 402 g/mol. The van der Waals surface area contributed by atoms with Gasteiger partial charge in [-0.3, -0.25) is 9.59 Å². The van der Waals surface area contributed by atoms with E-state index >= 15 is 0 Å². The van der Waals surface area contributed by atoms with Crippen molar-refractivity contribution >= 4 is 33.4 Å². The molecule has 5 nitrogen and oxygen atoms in total. The van der Waals surface area contributed by atoms with Gasteiger partial charge >= 0.3 is 0 Å². The van der Waals surface area contributed by atoms with Crippen molar-refractivity contribution in [3.63, 3.8) is 0 Å². The molecule has 0 unspecified atom stereocenters. The summed E-state index contributed by atoms with van der Waals surface area (Å²) in [6, 6.07) is 14.3. The first-order chi connectivity index (χ1) is 11.9. The minimum atomic E-state index is -1.54. The number of benzene rings is 2. The lowest BCUT2D eigenvalue weighted by Gasteiger charge is -2.34. The van der Waals surface area contributed by atoms with Gasteiger partial charge in [0.2, 0.25) is 5.91 Å². The second-order valence-corrected chi connectivity index (χ2v) is 6.93. The molecule has 0 aromatic heterocycles. The van der Waals surface area contributed by atoms with E-state index in [4.69, 9.17) is 0 Å². The molecule has 3 rings (SSSR count). The number of anilines is 1. The molecule has 0 saturated carbocycles. The van der Waals surface area contributed by atoms with Crippen LogP contribution in [0.25, 0.3) is 0 Å². The molecular weight excluding hydrogens is 384 g/mol. The predicted octanol–water partition coefficient (Wildman–Crippen LogP) is 2.88. The Balaban J connectivity index is 2.21. The van der Waals surface area contributed by atoms with Crippen LogP contribution >= 0.6 is 15.9 Å². The van der Waals surface area contributed by atoms with Gasteiger partial charge in [0.1, 0.15) is 6.10 Å². The molecule has 0 saturated heterocycles. The van der Waals surface area contributed by atoms with Gasteiger partial charge in [-0.25, -0.2) is 0 Å². The van der Waals surface area contributed by atoms with Crippen LogP contribution in [0.1, 0.15) is 31.1 Å². The molecule has 0 spiro atoms. The third-order valence-corrected chi connectivity index (χ3v) is 5.02. The minimum Gasteiger partial charge on any atom is -0.385 e. The third kappa shape index (κ3) is 2.75. The Kier molecular flexibility index (Phi) is 4.67. The van der Waals surface area contributed by atoms with Crippen LogP contribution in [0, 0.1) is 0 Å². The number of amides is 2. The highest BCUT2D eigenvalue weighted by Gasteiger charge is 2.56. The fourth-order valence-electron chi connectivity index (χ4n) is 3.42. The number of likely N-dealkylation sites (N-methyl/N-ethyl adjacent to an activating group) is 1. The largest absolute Gasteiger partial charge is 0.385 e. The van der Waals surface area contributed by atoms with E-state index in [9.17, 15) is 14.7 Å². The van der Waals surface area contributed by atoms with Crippen LogP contribution in [0.15, 0.2) is 53.0 Å². The van der Waals surface area contributed by atoms with Crippen LogP contribution in [-0.2, 0) is 15.1 Å². The Labute approximate surface area is 154 Å². The van der Waals surface area contributed by atoms with E-state index in [0.717, 1.165) is 4.47 Å². The van der Waals surface area contributed by atoms with Gasteiger partial charge in [-0.05, 0) is 30.7 Å². The molecule has 25 heavy (non-hydrogen) atoms. The van der Waals surface area contributed by atoms with Gasteiger partial charge in [-0.1, -0.05) is 46.3 Å². The number of hydrogen-bond acceptors (Lipinski definition) is 3. The maximum atomic E-state index is 13.3. The van der Waals surface area contributed by atoms with Gasteiger partial charge in [0.25, 0.3) is 5.91 Å². The van der Waals surface area contributed by atoms with Crippen molar-refractivity contribution in [2.45, 2.75) is 25.5 Å². The number of aliphatic hydroxyl groups excluding tert-OH is 1. The molecule has 2 atom stereocenters. The molecule has 2 aromatic rings. The molecule has 0 radical (unpaired) electrons. The lowest BCUT2D eigenvalue weighted by Crippen LogP contribution is -2.56. The zero-order valence-corrected chi connectivity index (χ0v) is 15.6. The van der Waals surface area contributed by atoms with Crippen molar-refractivity contribution < 1.29 is 14.7 Å². The Morgan fingerprint density at radius 2 is 1.88 bits per heavy atom. The molecule has 1 aliphatic heterocycles. The fourth-order valence-corrected chi connectivity index (χ4v) is 3.68. The highest BCUT2D eigenvalue weighted by atomic mass is 79.9. The Bertz CT molecular complexity index is 822. The average Bonchev–Trinajstić information content (AvgIpc) is 2.83. The van der Waals surface area contributed by atoms with E-state index < -0.39 is 11.6 Å². The van der Waals surface area contributed by atoms with E-state index in [0.29, 0.717) is 23.4 Å². The van der Waals surface area contributed by atoms with Crippen LogP contribution in [0.2, 0.25) is 0 Å². The zero-order chi connectivity index (χ0) is 18.2. The molecular formula is C19H19BrN2O3. The first-order valence-electron chi connectivity index (χ1n) is 8.05. The molecule has 130 valence electrons. The number of halogens is 1. The van der Waals surface area contributed by atoms with E-state index in [1.807, 2.05) is 19.1 Å². The highest BCUT2D eigenvalue weighted by Crippen LogP contribution is 2.47. The summed E-state index contributed by atoms with van der Waals surface area (Å²) in [4.78, 5) is 26.8. The van der Waals surface area contributed by atoms with Gasteiger partial charge in [0.15, 0.2) is 5.54 Å². The normalized spacial score (nSPS) is 20.3. The summed E-state index contributed by atoms with van der Waals surface area (Å²) < 4.78 is 0.866. The summed E-state index contributed by atoms with van der Waals surface area (Å²) >= 11 is 3.36. The van der Waals surface area contributed by atoms with Crippen molar-refractivity contribution in [1.82, 2.24) is 5.32 Å². The summed E-state index contributed by atoms with van der Waals surface area (Å²) in [6.45, 7) is 3.66. The second-order valence-electron chi connectivity index (χ2n) is 6.01. The molecule has 2 aromatic carbocycles. The number of carbonyl (C=O) groups excluding carboxylic acids is 2. The predicted molar refractivity (Wildman–Crippen MR) is 99.1 cm³/mol. The van der Waals surface area contributed by atoms with E-state index in [-0.39, 0.29) is 11.8 Å². The number of nitrogens with one attached hydrogen (secondary N) is 1. The quantitative estimate of drug-likeness (QED) is 0.825. The number of carbonyl (C=O) groups is 2. The van der Waals surface area contributed by atoms with Crippen molar-refractivity contribution in [3.05, 3.63) is 64.1 Å². The number of aliphatic hydroxyl groups is 1. The summed E-state index contributed by atoms with van der Waals surface area (Å²) in [5.41, 5.74) is 0.331. The second kappa shape index (κ2) is 6.61. The Hall–Kier alpha value is -2.18. The summed E-state index contributed by atoms with van der Waals surface area (Å²) in [5, 5.41) is 13.9. The lowest BCUT2D eigenvalue weighted by molar-refractivity contribution is -0.136. The van der Waals surface area contributed by atoms with E-state index in [1.54, 1.807) is 41.3 Å². The van der Waals surface area contributed by atoms with Gasteiger partial charge < -0.3 is 15.3 Å². The number of fused-ring (bicyclic) bond motifs is 1. The van der Waals surface area contributed by atoms with Gasteiger partial charge in [0.05, 0.1) is 0 Å². The summed E-state index contributed by atoms with van der Waals surface area (Å²) in [7, 11) is 0. The third-order valence-electron chi connectivity index (χ3n) is 4.49. The maximum Gasteiger partial charge on any atom is 0.260 e. The lowest BCUT2D eigenvalue weighted by atomic mass is 9.82. The fraction of sp³-hybridized carbons (Fsp3) is 0.263. The molecule has 6 heteroatoms. The molecule has 0 fully saturated rings. The van der Waals surface area contributed by atoms with Crippen LogP contribution in [-0.4, -0.2) is 23.5 Å². The first kappa shape index (κ1) is 17.6. The SMILES string of the molecule is CCN1C(=O)[C@](NC(C)=O)([C@@H](O)c2ccc(Br)cc2)c2ccccc21. The van der Waals surface area contributed by atoms with E-state index in [1.165, 1.54) is 6.92 Å². The zero-order valence-electron chi connectivity index (χ0n) is 14.0. The molecule has 0 aliphatic carbocycles. The van der Waals surface area contributed by atoms with Gasteiger partial charge in [-0.2, -0.15) is 0 Å². The van der Waals surface area contributed by atoms with Crippen molar-refractivity contribution in [1.29, 1.82) is 0 Å². The average molecular weight is 403 g/mol. The number of rotatable bonds is 4. The van der Waals surface area contributed by atoms with Crippen LogP contribution < -0.4 is 10.2 Å². The maximum absolute atomic E-state index is 13.3. The number of nitrogens with zero attached hydrogens (tertiary/aromatic N) is 1. The minimum absolute atomic E-state index is 0.332. The summed E-state index contributed by atoms with van der Waals surface area (Å²) in [6.07, 6.45) is -1.21. The van der Waals surface area contributed by atoms with E-state index in [2.05, 4.69) is 21.2 Å². The van der Waals surface area contributed by atoms with Crippen molar-refractivity contribution in [2.24, 2.45) is 0 Å².